The molecule has 0 aromatic carbocycles. The number of alkyl halides is 1. The van der Waals surface area contributed by atoms with Crippen LogP contribution in [0.1, 0.15) is 47.0 Å². The Morgan fingerprint density at radius 2 is 1.40 bits per heavy atom. The van der Waals surface area contributed by atoms with Gasteiger partial charge in [0.2, 0.25) is 0 Å². The van der Waals surface area contributed by atoms with Crippen molar-refractivity contribution in [2.75, 3.05) is 0 Å². The smallest absolute Gasteiger partial charge is 0.108 e. The molecule has 1 rings (SSSR count). The molecule has 1 heteroatoms. The van der Waals surface area contributed by atoms with Crippen LogP contribution in [0.5, 0.6) is 0 Å². The minimum atomic E-state index is -0.778. The van der Waals surface area contributed by atoms with Crippen molar-refractivity contribution in [2.24, 2.45) is 5.92 Å². The van der Waals surface area contributed by atoms with Crippen molar-refractivity contribution in [3.8, 4) is 0 Å². The molecule has 0 aromatic rings. The molecule has 1 aliphatic carbocycles. The van der Waals surface area contributed by atoms with Gasteiger partial charge in [-0.05, 0) is 32.1 Å². The molecular formula is C9H19F. The molecule has 0 atom stereocenters. The standard InChI is InChI=1S/C5H9F.C4H10/c1-5(6)3-2-4-5;1-4(2)3/h2-4H2,1H3;4H,1-3H3. The first-order valence-corrected chi connectivity index (χ1v) is 4.13. The molecule has 62 valence electrons. The summed E-state index contributed by atoms with van der Waals surface area (Å²) in [4.78, 5) is 0. The summed E-state index contributed by atoms with van der Waals surface area (Å²) in [6.45, 7) is 8.16. The maximum Gasteiger partial charge on any atom is 0.108 e. The van der Waals surface area contributed by atoms with E-state index in [1.807, 2.05) is 0 Å². The molecule has 1 aliphatic rings. The third-order valence-electron chi connectivity index (χ3n) is 1.40. The van der Waals surface area contributed by atoms with Crippen molar-refractivity contribution in [3.63, 3.8) is 0 Å². The van der Waals surface area contributed by atoms with Gasteiger partial charge in [0.1, 0.15) is 5.67 Å². The van der Waals surface area contributed by atoms with Crippen molar-refractivity contribution in [1.82, 2.24) is 0 Å². The molecule has 0 unspecified atom stereocenters. The second kappa shape index (κ2) is 3.95. The molecule has 0 amide bonds. The first-order chi connectivity index (χ1) is 4.44. The Balaban J connectivity index is 0.000000180. The average Bonchev–Trinajstić information content (AvgIpc) is 1.60. The number of halogens is 1. The van der Waals surface area contributed by atoms with E-state index >= 15 is 0 Å². The maximum atomic E-state index is 12.2. The molecule has 1 fully saturated rings. The topological polar surface area (TPSA) is 0 Å². The monoisotopic (exact) mass is 146 g/mol. The summed E-state index contributed by atoms with van der Waals surface area (Å²) < 4.78 is 12.2. The second-order valence-corrected chi connectivity index (χ2v) is 4.00. The van der Waals surface area contributed by atoms with Crippen LogP contribution in [-0.2, 0) is 0 Å². The summed E-state index contributed by atoms with van der Waals surface area (Å²) >= 11 is 0. The summed E-state index contributed by atoms with van der Waals surface area (Å²) in [5.74, 6) is 0.833. The van der Waals surface area contributed by atoms with Crippen molar-refractivity contribution < 1.29 is 4.39 Å². The molecule has 0 bridgehead atoms. The van der Waals surface area contributed by atoms with E-state index in [1.165, 1.54) is 0 Å². The van der Waals surface area contributed by atoms with E-state index < -0.39 is 5.67 Å². The predicted octanol–water partition coefficient (Wildman–Crippen LogP) is 3.56. The average molecular weight is 146 g/mol. The summed E-state index contributed by atoms with van der Waals surface area (Å²) in [5.41, 5.74) is -0.778. The van der Waals surface area contributed by atoms with Crippen molar-refractivity contribution >= 4 is 0 Å². The van der Waals surface area contributed by atoms with Crippen molar-refractivity contribution in [1.29, 1.82) is 0 Å². The summed E-state index contributed by atoms with van der Waals surface area (Å²) in [7, 11) is 0. The normalized spacial score (nSPS) is 21.0. The van der Waals surface area contributed by atoms with E-state index in [9.17, 15) is 4.39 Å². The van der Waals surface area contributed by atoms with Gasteiger partial charge in [-0.15, -0.1) is 0 Å². The molecule has 0 aromatic heterocycles. The fraction of sp³-hybridized carbons (Fsp3) is 1.00. The minimum absolute atomic E-state index is 0.778. The van der Waals surface area contributed by atoms with E-state index in [2.05, 4.69) is 20.8 Å². The van der Waals surface area contributed by atoms with Gasteiger partial charge in [0, 0.05) is 0 Å². The van der Waals surface area contributed by atoms with Crippen LogP contribution in [0.4, 0.5) is 4.39 Å². The fourth-order valence-corrected chi connectivity index (χ4v) is 0.664. The first-order valence-electron chi connectivity index (χ1n) is 4.13. The quantitative estimate of drug-likeness (QED) is 0.490. The lowest BCUT2D eigenvalue weighted by atomic mass is 9.84. The molecule has 0 spiro atoms. The van der Waals surface area contributed by atoms with E-state index in [1.54, 1.807) is 6.92 Å². The highest BCUT2D eigenvalue weighted by Gasteiger charge is 2.30. The summed E-state index contributed by atoms with van der Waals surface area (Å²) in [6, 6.07) is 0. The third kappa shape index (κ3) is 6.06. The number of hydrogen-bond acceptors (Lipinski definition) is 0. The molecule has 0 saturated heterocycles. The lowest BCUT2D eigenvalue weighted by Gasteiger charge is -2.28. The van der Waals surface area contributed by atoms with E-state index in [0.717, 1.165) is 25.2 Å². The molecule has 0 heterocycles. The van der Waals surface area contributed by atoms with Crippen LogP contribution < -0.4 is 0 Å². The van der Waals surface area contributed by atoms with Gasteiger partial charge >= 0.3 is 0 Å². The molecular weight excluding hydrogens is 127 g/mol. The van der Waals surface area contributed by atoms with Crippen LogP contribution in [0.15, 0.2) is 0 Å². The van der Waals surface area contributed by atoms with Crippen LogP contribution in [-0.4, -0.2) is 5.67 Å². The Labute approximate surface area is 63.8 Å². The zero-order chi connectivity index (χ0) is 8.20. The van der Waals surface area contributed by atoms with Crippen molar-refractivity contribution in [3.05, 3.63) is 0 Å². The van der Waals surface area contributed by atoms with Gasteiger partial charge in [0.05, 0.1) is 0 Å². The van der Waals surface area contributed by atoms with Gasteiger partial charge in [-0.3, -0.25) is 0 Å². The van der Waals surface area contributed by atoms with Gasteiger partial charge in [-0.1, -0.05) is 20.8 Å². The SMILES string of the molecule is CC(C)C.CC1(F)CCC1. The van der Waals surface area contributed by atoms with Gasteiger partial charge in [-0.25, -0.2) is 4.39 Å². The minimum Gasteiger partial charge on any atom is -0.244 e. The molecule has 0 aliphatic heterocycles. The Morgan fingerprint density at radius 1 is 1.20 bits per heavy atom. The first kappa shape index (κ1) is 9.93. The highest BCUT2D eigenvalue weighted by molar-refractivity contribution is 4.82. The zero-order valence-electron chi connectivity index (χ0n) is 7.58. The van der Waals surface area contributed by atoms with Gasteiger partial charge in [-0.2, -0.15) is 0 Å². The molecule has 1 saturated carbocycles. The molecule has 0 N–H and O–H groups in total. The summed E-state index contributed by atoms with van der Waals surface area (Å²) in [6.07, 6.45) is 2.66. The Bertz CT molecular complexity index is 76.0. The summed E-state index contributed by atoms with van der Waals surface area (Å²) in [5, 5.41) is 0. The lowest BCUT2D eigenvalue weighted by molar-refractivity contribution is 0.0858. The van der Waals surface area contributed by atoms with E-state index in [4.69, 9.17) is 0 Å². The van der Waals surface area contributed by atoms with Crippen LogP contribution in [0, 0.1) is 5.92 Å². The number of hydrogen-bond donors (Lipinski definition) is 0. The molecule has 0 radical (unpaired) electrons. The molecule has 10 heavy (non-hydrogen) atoms. The number of rotatable bonds is 0. The highest BCUT2D eigenvalue weighted by atomic mass is 19.1. The van der Waals surface area contributed by atoms with Gasteiger partial charge < -0.3 is 0 Å². The van der Waals surface area contributed by atoms with Crippen LogP contribution in [0.2, 0.25) is 0 Å². The van der Waals surface area contributed by atoms with E-state index in [0.29, 0.717) is 0 Å². The fourth-order valence-electron chi connectivity index (χ4n) is 0.664. The highest BCUT2D eigenvalue weighted by Crippen LogP contribution is 2.34. The second-order valence-electron chi connectivity index (χ2n) is 4.00. The van der Waals surface area contributed by atoms with Crippen molar-refractivity contribution in [2.45, 2.75) is 52.6 Å². The van der Waals surface area contributed by atoms with Gasteiger partial charge in [0.25, 0.3) is 0 Å². The molecule has 0 nitrogen and oxygen atoms in total. The van der Waals surface area contributed by atoms with Crippen LogP contribution in [0.3, 0.4) is 0 Å². The Hall–Kier alpha value is -0.0700. The van der Waals surface area contributed by atoms with Crippen LogP contribution in [0.25, 0.3) is 0 Å². The largest absolute Gasteiger partial charge is 0.244 e. The predicted molar refractivity (Wildman–Crippen MR) is 43.9 cm³/mol. The lowest BCUT2D eigenvalue weighted by Crippen LogP contribution is -2.26. The van der Waals surface area contributed by atoms with E-state index in [-0.39, 0.29) is 0 Å². The zero-order valence-corrected chi connectivity index (χ0v) is 7.58. The van der Waals surface area contributed by atoms with Crippen LogP contribution >= 0.6 is 0 Å². The third-order valence-corrected chi connectivity index (χ3v) is 1.40. The van der Waals surface area contributed by atoms with Gasteiger partial charge in [0.15, 0.2) is 0 Å². The Morgan fingerprint density at radius 3 is 1.40 bits per heavy atom. The maximum absolute atomic E-state index is 12.2. The Kier molecular flexibility index (Phi) is 3.92.